The number of benzene rings is 3. The standard InChI is InChI=1S/C27H25N3O2/c1-18-10-9-15-23(19(18)2)29-26(31)17-30(3)27(32)22-16-25(20-11-5-4-6-12-20)28-24-14-8-7-13-21(22)24/h4-16H,17H2,1-3H3,(H,29,31). The number of hydrogen-bond acceptors (Lipinski definition) is 3. The zero-order valence-electron chi connectivity index (χ0n) is 18.4. The molecule has 160 valence electrons. The summed E-state index contributed by atoms with van der Waals surface area (Å²) in [5.41, 5.74) is 5.80. The Morgan fingerprint density at radius 2 is 1.62 bits per heavy atom. The molecule has 0 bridgehead atoms. The Morgan fingerprint density at radius 1 is 0.906 bits per heavy atom. The van der Waals surface area contributed by atoms with Gasteiger partial charge in [-0.3, -0.25) is 9.59 Å². The number of anilines is 1. The number of amides is 2. The molecule has 0 saturated heterocycles. The second kappa shape index (κ2) is 9.02. The molecule has 1 heterocycles. The number of pyridine rings is 1. The Bertz CT molecular complexity index is 1300. The van der Waals surface area contributed by atoms with Crippen molar-refractivity contribution in [2.75, 3.05) is 18.9 Å². The summed E-state index contributed by atoms with van der Waals surface area (Å²) in [7, 11) is 1.64. The van der Waals surface area contributed by atoms with Crippen LogP contribution >= 0.6 is 0 Å². The predicted octanol–water partition coefficient (Wildman–Crippen LogP) is 5.23. The summed E-state index contributed by atoms with van der Waals surface area (Å²) in [6.07, 6.45) is 0. The summed E-state index contributed by atoms with van der Waals surface area (Å²) in [6, 6.07) is 24.9. The van der Waals surface area contributed by atoms with Crippen LogP contribution in [0.1, 0.15) is 21.5 Å². The van der Waals surface area contributed by atoms with Crippen LogP contribution in [0, 0.1) is 13.8 Å². The molecule has 0 unspecified atom stereocenters. The van der Waals surface area contributed by atoms with Crippen molar-refractivity contribution in [3.8, 4) is 11.3 Å². The summed E-state index contributed by atoms with van der Waals surface area (Å²) < 4.78 is 0. The van der Waals surface area contributed by atoms with Crippen molar-refractivity contribution in [2.24, 2.45) is 0 Å². The molecule has 0 radical (unpaired) electrons. The van der Waals surface area contributed by atoms with Crippen molar-refractivity contribution < 1.29 is 9.59 Å². The molecule has 2 amide bonds. The van der Waals surface area contributed by atoms with E-state index in [9.17, 15) is 9.59 Å². The second-order valence-electron chi connectivity index (χ2n) is 7.90. The summed E-state index contributed by atoms with van der Waals surface area (Å²) in [6.45, 7) is 3.91. The maximum absolute atomic E-state index is 13.4. The highest BCUT2D eigenvalue weighted by Gasteiger charge is 2.19. The van der Waals surface area contributed by atoms with Gasteiger partial charge in [0.15, 0.2) is 0 Å². The van der Waals surface area contributed by atoms with Gasteiger partial charge in [0.25, 0.3) is 5.91 Å². The summed E-state index contributed by atoms with van der Waals surface area (Å²) >= 11 is 0. The molecule has 3 aromatic carbocycles. The Labute approximate surface area is 187 Å². The van der Waals surface area contributed by atoms with Crippen molar-refractivity contribution >= 4 is 28.4 Å². The lowest BCUT2D eigenvalue weighted by molar-refractivity contribution is -0.116. The molecule has 0 aliphatic heterocycles. The first-order valence-electron chi connectivity index (χ1n) is 10.5. The highest BCUT2D eigenvalue weighted by atomic mass is 16.2. The molecule has 5 nitrogen and oxygen atoms in total. The maximum atomic E-state index is 13.4. The molecule has 4 aromatic rings. The van der Waals surface area contributed by atoms with Gasteiger partial charge in [-0.05, 0) is 43.2 Å². The minimum Gasteiger partial charge on any atom is -0.332 e. The molecule has 0 spiro atoms. The van der Waals surface area contributed by atoms with Crippen LogP contribution in [0.3, 0.4) is 0 Å². The fraction of sp³-hybridized carbons (Fsp3) is 0.148. The van der Waals surface area contributed by atoms with Crippen molar-refractivity contribution in [1.29, 1.82) is 0 Å². The van der Waals surface area contributed by atoms with Crippen molar-refractivity contribution in [2.45, 2.75) is 13.8 Å². The highest BCUT2D eigenvalue weighted by molar-refractivity contribution is 6.08. The van der Waals surface area contributed by atoms with Crippen LogP contribution in [0.25, 0.3) is 22.2 Å². The Morgan fingerprint density at radius 3 is 2.41 bits per heavy atom. The third-order valence-electron chi connectivity index (χ3n) is 5.62. The van der Waals surface area contributed by atoms with Gasteiger partial charge in [0.05, 0.1) is 23.3 Å². The number of aryl methyl sites for hydroxylation is 1. The molecule has 32 heavy (non-hydrogen) atoms. The van der Waals surface area contributed by atoms with E-state index in [1.807, 2.05) is 86.6 Å². The predicted molar refractivity (Wildman–Crippen MR) is 129 cm³/mol. The van der Waals surface area contributed by atoms with E-state index < -0.39 is 0 Å². The molecule has 4 rings (SSSR count). The summed E-state index contributed by atoms with van der Waals surface area (Å²) in [5, 5.41) is 3.68. The zero-order chi connectivity index (χ0) is 22.7. The Kier molecular flexibility index (Phi) is 5.99. The van der Waals surface area contributed by atoms with Gasteiger partial charge in [-0.1, -0.05) is 60.7 Å². The number of rotatable bonds is 5. The number of nitrogens with one attached hydrogen (secondary N) is 1. The lowest BCUT2D eigenvalue weighted by atomic mass is 10.0. The lowest BCUT2D eigenvalue weighted by Gasteiger charge is -2.19. The average Bonchev–Trinajstić information content (AvgIpc) is 2.81. The first-order chi connectivity index (χ1) is 15.4. The third kappa shape index (κ3) is 4.37. The molecular weight excluding hydrogens is 398 g/mol. The number of carbonyl (C=O) groups is 2. The number of nitrogens with zero attached hydrogens (tertiary/aromatic N) is 2. The normalized spacial score (nSPS) is 10.7. The maximum Gasteiger partial charge on any atom is 0.254 e. The van der Waals surface area contributed by atoms with E-state index in [4.69, 9.17) is 4.98 Å². The van der Waals surface area contributed by atoms with E-state index in [0.29, 0.717) is 5.56 Å². The van der Waals surface area contributed by atoms with E-state index in [2.05, 4.69) is 5.32 Å². The molecule has 0 aliphatic carbocycles. The minimum absolute atomic E-state index is 0.0520. The number of hydrogen-bond donors (Lipinski definition) is 1. The first-order valence-corrected chi connectivity index (χ1v) is 10.5. The van der Waals surface area contributed by atoms with Crippen molar-refractivity contribution in [3.05, 3.63) is 95.6 Å². The Hall–Kier alpha value is -3.99. The van der Waals surface area contributed by atoms with Crippen LogP contribution in [0.4, 0.5) is 5.69 Å². The number of aromatic nitrogens is 1. The second-order valence-corrected chi connectivity index (χ2v) is 7.90. The quantitative estimate of drug-likeness (QED) is 0.478. The largest absolute Gasteiger partial charge is 0.332 e. The van der Waals surface area contributed by atoms with Crippen molar-refractivity contribution in [3.63, 3.8) is 0 Å². The fourth-order valence-corrected chi connectivity index (χ4v) is 3.68. The van der Waals surface area contributed by atoms with Crippen LogP contribution in [-0.4, -0.2) is 35.3 Å². The SMILES string of the molecule is Cc1cccc(NC(=O)CN(C)C(=O)c2cc(-c3ccccc3)nc3ccccc23)c1C. The molecule has 0 atom stereocenters. The van der Waals surface area contributed by atoms with Crippen LogP contribution in [0.15, 0.2) is 78.9 Å². The zero-order valence-corrected chi connectivity index (χ0v) is 18.4. The average molecular weight is 424 g/mol. The Balaban J connectivity index is 1.61. The van der Waals surface area contributed by atoms with Crippen molar-refractivity contribution in [1.82, 2.24) is 9.88 Å². The minimum atomic E-state index is -0.240. The van der Waals surface area contributed by atoms with Crippen LogP contribution in [0.5, 0.6) is 0 Å². The number of carbonyl (C=O) groups excluding carboxylic acids is 2. The molecule has 0 fully saturated rings. The highest BCUT2D eigenvalue weighted by Crippen LogP contribution is 2.25. The van der Waals surface area contributed by atoms with E-state index in [1.54, 1.807) is 13.1 Å². The molecule has 0 saturated carbocycles. The fourth-order valence-electron chi connectivity index (χ4n) is 3.68. The van der Waals surface area contributed by atoms with Gasteiger partial charge in [-0.25, -0.2) is 4.98 Å². The molecule has 5 heteroatoms. The summed E-state index contributed by atoms with van der Waals surface area (Å²) in [5.74, 6) is -0.465. The number of fused-ring (bicyclic) bond motifs is 1. The van der Waals surface area contributed by atoms with Gasteiger partial charge in [0, 0.05) is 23.7 Å². The van der Waals surface area contributed by atoms with Crippen LogP contribution in [0.2, 0.25) is 0 Å². The first kappa shape index (κ1) is 21.2. The molecular formula is C27H25N3O2. The van der Waals surface area contributed by atoms with E-state index >= 15 is 0 Å². The van der Waals surface area contributed by atoms with E-state index in [0.717, 1.165) is 39.0 Å². The van der Waals surface area contributed by atoms with Gasteiger partial charge in [0.1, 0.15) is 0 Å². The smallest absolute Gasteiger partial charge is 0.254 e. The topological polar surface area (TPSA) is 62.3 Å². The van der Waals surface area contributed by atoms with Gasteiger partial charge in [0.2, 0.25) is 5.91 Å². The van der Waals surface area contributed by atoms with Gasteiger partial charge in [-0.15, -0.1) is 0 Å². The monoisotopic (exact) mass is 423 g/mol. The summed E-state index contributed by atoms with van der Waals surface area (Å²) in [4.78, 5) is 32.2. The molecule has 1 aromatic heterocycles. The van der Waals surface area contributed by atoms with E-state index in [1.165, 1.54) is 4.90 Å². The van der Waals surface area contributed by atoms with Crippen LogP contribution in [-0.2, 0) is 4.79 Å². The molecule has 1 N–H and O–H groups in total. The van der Waals surface area contributed by atoms with Crippen LogP contribution < -0.4 is 5.32 Å². The molecule has 0 aliphatic rings. The van der Waals surface area contributed by atoms with E-state index in [-0.39, 0.29) is 18.4 Å². The van der Waals surface area contributed by atoms with Gasteiger partial charge >= 0.3 is 0 Å². The number of likely N-dealkylation sites (N-methyl/N-ethyl adjacent to an activating group) is 1. The van der Waals surface area contributed by atoms with Gasteiger partial charge < -0.3 is 10.2 Å². The number of para-hydroxylation sites is 1. The lowest BCUT2D eigenvalue weighted by Crippen LogP contribution is -2.35. The van der Waals surface area contributed by atoms with Gasteiger partial charge in [-0.2, -0.15) is 0 Å². The third-order valence-corrected chi connectivity index (χ3v) is 5.62.